The number of aromatic nitrogens is 2. The topological polar surface area (TPSA) is 78.1 Å². The van der Waals surface area contributed by atoms with Crippen LogP contribution < -0.4 is 10.5 Å². The summed E-state index contributed by atoms with van der Waals surface area (Å²) >= 11 is 0. The number of rotatable bonds is 4. The van der Waals surface area contributed by atoms with Crippen molar-refractivity contribution in [1.82, 2.24) is 9.97 Å². The summed E-state index contributed by atoms with van der Waals surface area (Å²) in [4.78, 5) is 18.3. The van der Waals surface area contributed by atoms with Crippen LogP contribution in [0.3, 0.4) is 0 Å². The molecule has 0 saturated heterocycles. The predicted octanol–water partition coefficient (Wildman–Crippen LogP) is 3.20. The van der Waals surface area contributed by atoms with Crippen molar-refractivity contribution in [2.45, 2.75) is 12.4 Å². The lowest BCUT2D eigenvalue weighted by Gasteiger charge is -2.11. The Morgan fingerprint density at radius 1 is 1.04 bits per heavy atom. The van der Waals surface area contributed by atoms with Gasteiger partial charge in [0.1, 0.15) is 5.69 Å². The van der Waals surface area contributed by atoms with E-state index >= 15 is 0 Å². The molecule has 25 heavy (non-hydrogen) atoms. The summed E-state index contributed by atoms with van der Waals surface area (Å²) in [6.45, 7) is -1.71. The van der Waals surface area contributed by atoms with Crippen molar-refractivity contribution in [2.24, 2.45) is 5.73 Å². The number of amides is 1. The first-order valence-electron chi connectivity index (χ1n) is 6.52. The van der Waals surface area contributed by atoms with Gasteiger partial charge in [0.15, 0.2) is 6.61 Å². The van der Waals surface area contributed by atoms with Gasteiger partial charge in [-0.25, -0.2) is 0 Å². The van der Waals surface area contributed by atoms with Gasteiger partial charge in [-0.15, -0.1) is 0 Å². The lowest BCUT2D eigenvalue weighted by molar-refractivity contribution is -0.154. The van der Waals surface area contributed by atoms with Crippen LogP contribution in [0.2, 0.25) is 0 Å². The fourth-order valence-corrected chi connectivity index (χ4v) is 1.74. The summed E-state index contributed by atoms with van der Waals surface area (Å²) < 4.78 is 78.6. The van der Waals surface area contributed by atoms with Gasteiger partial charge < -0.3 is 10.5 Å². The second-order valence-electron chi connectivity index (χ2n) is 4.76. The summed E-state index contributed by atoms with van der Waals surface area (Å²) in [6.07, 6.45) is -9.22. The summed E-state index contributed by atoms with van der Waals surface area (Å²) in [5.74, 6) is -1.06. The molecule has 0 fully saturated rings. The summed E-state index contributed by atoms with van der Waals surface area (Å²) in [5, 5.41) is 0. The molecule has 0 aliphatic rings. The van der Waals surface area contributed by atoms with Crippen LogP contribution in [0, 0.1) is 0 Å². The Morgan fingerprint density at radius 2 is 1.64 bits per heavy atom. The molecule has 0 aliphatic heterocycles. The lowest BCUT2D eigenvalue weighted by atomic mass is 10.1. The fraction of sp³-hybridized carbons (Fsp3) is 0.214. The van der Waals surface area contributed by atoms with Gasteiger partial charge in [0.2, 0.25) is 0 Å². The number of halogens is 6. The highest BCUT2D eigenvalue weighted by Crippen LogP contribution is 2.31. The Hall–Kier alpha value is -2.85. The number of nitrogens with zero attached hydrogens (tertiary/aromatic N) is 2. The molecule has 1 aromatic carbocycles. The largest absolute Gasteiger partial charge is 0.454 e. The first kappa shape index (κ1) is 18.5. The van der Waals surface area contributed by atoms with Gasteiger partial charge in [0, 0.05) is 5.56 Å². The smallest absolute Gasteiger partial charge is 0.422 e. The van der Waals surface area contributed by atoms with Crippen molar-refractivity contribution in [2.75, 3.05) is 6.61 Å². The molecule has 0 aliphatic carbocycles. The minimum Gasteiger partial charge on any atom is -0.454 e. The Labute approximate surface area is 136 Å². The van der Waals surface area contributed by atoms with Crippen molar-refractivity contribution in [3.8, 4) is 17.3 Å². The highest BCUT2D eigenvalue weighted by atomic mass is 19.4. The predicted molar refractivity (Wildman–Crippen MR) is 72.5 cm³/mol. The van der Waals surface area contributed by atoms with E-state index in [-0.39, 0.29) is 11.3 Å². The van der Waals surface area contributed by atoms with E-state index in [0.717, 1.165) is 30.3 Å². The quantitative estimate of drug-likeness (QED) is 0.844. The first-order chi connectivity index (χ1) is 11.5. The molecule has 1 heterocycles. The van der Waals surface area contributed by atoms with Crippen LogP contribution in [0.25, 0.3) is 11.3 Å². The molecule has 2 N–H and O–H groups in total. The van der Waals surface area contributed by atoms with Crippen molar-refractivity contribution in [3.63, 3.8) is 0 Å². The highest BCUT2D eigenvalue weighted by Gasteiger charge is 2.30. The molecule has 0 saturated carbocycles. The van der Waals surface area contributed by atoms with Crippen LogP contribution in [0.1, 0.15) is 16.1 Å². The van der Waals surface area contributed by atoms with Crippen LogP contribution in [-0.4, -0.2) is 28.7 Å². The molecule has 0 radical (unpaired) electrons. The fourth-order valence-electron chi connectivity index (χ4n) is 1.74. The summed E-state index contributed by atoms with van der Waals surface area (Å²) in [5.41, 5.74) is 3.66. The van der Waals surface area contributed by atoms with Gasteiger partial charge in [0.25, 0.3) is 5.91 Å². The van der Waals surface area contributed by atoms with Crippen LogP contribution in [0.4, 0.5) is 26.3 Å². The van der Waals surface area contributed by atoms with Crippen LogP contribution >= 0.6 is 0 Å². The molecule has 11 heteroatoms. The molecule has 134 valence electrons. The summed E-state index contributed by atoms with van der Waals surface area (Å²) in [7, 11) is 0. The molecule has 2 rings (SSSR count). The SMILES string of the molecule is NC(=O)c1cc(-c2ccc(C(F)(F)F)cc2)nc(OCC(F)(F)F)n1. The van der Waals surface area contributed by atoms with Crippen molar-refractivity contribution in [1.29, 1.82) is 0 Å². The number of hydrogen-bond donors (Lipinski definition) is 1. The van der Waals surface area contributed by atoms with Gasteiger partial charge in [-0.05, 0) is 18.2 Å². The molecule has 0 unspecified atom stereocenters. The lowest BCUT2D eigenvalue weighted by Crippen LogP contribution is -2.21. The molecular formula is C14H9F6N3O2. The Morgan fingerprint density at radius 3 is 2.12 bits per heavy atom. The van der Waals surface area contributed by atoms with E-state index in [1.54, 1.807) is 0 Å². The average Bonchev–Trinajstić information content (AvgIpc) is 2.51. The van der Waals surface area contributed by atoms with E-state index in [1.165, 1.54) is 0 Å². The first-order valence-corrected chi connectivity index (χ1v) is 6.52. The van der Waals surface area contributed by atoms with Gasteiger partial charge in [-0.1, -0.05) is 12.1 Å². The normalized spacial score (nSPS) is 12.1. The standard InChI is InChI=1S/C14H9F6N3O2/c15-13(16,17)6-25-12-22-9(5-10(23-12)11(21)24)7-1-3-8(4-2-7)14(18,19)20/h1-5H,6H2,(H2,21,24). The number of carbonyl (C=O) groups is 1. The molecule has 0 spiro atoms. The van der Waals surface area contributed by atoms with Gasteiger partial charge in [-0.2, -0.15) is 36.3 Å². The van der Waals surface area contributed by atoms with Crippen LogP contribution in [-0.2, 0) is 6.18 Å². The minimum absolute atomic E-state index is 0.106. The third kappa shape index (κ3) is 5.06. The minimum atomic E-state index is -4.67. The number of ether oxygens (including phenoxy) is 1. The maximum absolute atomic E-state index is 12.6. The summed E-state index contributed by atoms with van der Waals surface area (Å²) in [6, 6.07) is 3.87. The Balaban J connectivity index is 2.39. The van der Waals surface area contributed by atoms with Gasteiger partial charge in [-0.3, -0.25) is 4.79 Å². The molecule has 0 atom stereocenters. The zero-order chi connectivity index (χ0) is 18.8. The average molecular weight is 365 g/mol. The van der Waals surface area contributed by atoms with Crippen LogP contribution in [0.15, 0.2) is 30.3 Å². The van der Waals surface area contributed by atoms with E-state index < -0.39 is 42.1 Å². The zero-order valence-corrected chi connectivity index (χ0v) is 12.1. The molecule has 0 bridgehead atoms. The number of hydrogen-bond acceptors (Lipinski definition) is 4. The Bertz CT molecular complexity index is 772. The van der Waals surface area contributed by atoms with Gasteiger partial charge in [0.05, 0.1) is 11.3 Å². The van der Waals surface area contributed by atoms with E-state index in [4.69, 9.17) is 5.73 Å². The Kier molecular flexibility index (Phi) is 4.86. The molecule has 1 amide bonds. The molecule has 1 aromatic heterocycles. The van der Waals surface area contributed by atoms with Crippen molar-refractivity contribution < 1.29 is 35.9 Å². The number of alkyl halides is 6. The third-order valence-corrected chi connectivity index (χ3v) is 2.83. The molecular weight excluding hydrogens is 356 g/mol. The molecule has 2 aromatic rings. The van der Waals surface area contributed by atoms with E-state index in [1.807, 2.05) is 0 Å². The van der Waals surface area contributed by atoms with Crippen LogP contribution in [0.5, 0.6) is 6.01 Å². The second-order valence-corrected chi connectivity index (χ2v) is 4.76. The zero-order valence-electron chi connectivity index (χ0n) is 12.1. The van der Waals surface area contributed by atoms with Crippen molar-refractivity contribution >= 4 is 5.91 Å². The molecule has 5 nitrogen and oxygen atoms in total. The maximum Gasteiger partial charge on any atom is 0.422 e. The van der Waals surface area contributed by atoms with Crippen molar-refractivity contribution in [3.05, 3.63) is 41.6 Å². The third-order valence-electron chi connectivity index (χ3n) is 2.83. The maximum atomic E-state index is 12.6. The van der Waals surface area contributed by atoms with E-state index in [2.05, 4.69) is 14.7 Å². The second kappa shape index (κ2) is 6.57. The van der Waals surface area contributed by atoms with E-state index in [9.17, 15) is 31.1 Å². The number of carbonyl (C=O) groups excluding carboxylic acids is 1. The highest BCUT2D eigenvalue weighted by molar-refractivity contribution is 5.91. The monoisotopic (exact) mass is 365 g/mol. The number of nitrogens with two attached hydrogens (primary N) is 1. The number of benzene rings is 1. The van der Waals surface area contributed by atoms with E-state index in [0.29, 0.717) is 0 Å². The van der Waals surface area contributed by atoms with Gasteiger partial charge >= 0.3 is 18.4 Å². The number of primary amides is 1.